The number of rotatable bonds is 3. The second kappa shape index (κ2) is 8.88. The van der Waals surface area contributed by atoms with E-state index in [2.05, 4.69) is 15.6 Å². The van der Waals surface area contributed by atoms with E-state index in [1.54, 1.807) is 35.6 Å². The average molecular weight is 493 g/mol. The van der Waals surface area contributed by atoms with Crippen molar-refractivity contribution in [3.05, 3.63) is 81.3 Å². The van der Waals surface area contributed by atoms with Gasteiger partial charge >= 0.3 is 0 Å². The molecule has 0 aliphatic carbocycles. The second-order valence-corrected chi connectivity index (χ2v) is 8.82. The van der Waals surface area contributed by atoms with Crippen LogP contribution < -0.4 is 10.6 Å². The van der Waals surface area contributed by atoms with Crippen LogP contribution in [-0.4, -0.2) is 16.0 Å². The van der Waals surface area contributed by atoms with Crippen LogP contribution >= 0.6 is 58.4 Å². The number of hydrogen-bond acceptors (Lipinski definition) is 4. The topological polar surface area (TPSA) is 54.0 Å². The van der Waals surface area contributed by atoms with Crippen molar-refractivity contribution < 1.29 is 4.79 Å². The number of hydrogen-bond donors (Lipinski definition) is 2. The van der Waals surface area contributed by atoms with E-state index in [1.807, 2.05) is 36.4 Å². The molecular weight excluding hydrogens is 481 g/mol. The highest BCUT2D eigenvalue weighted by atomic mass is 35.5. The molecular formula is C21H12Cl3N3OS2. The first-order valence-electron chi connectivity index (χ1n) is 8.64. The van der Waals surface area contributed by atoms with Gasteiger partial charge in [-0.05, 0) is 54.7 Å². The molecule has 0 aliphatic rings. The van der Waals surface area contributed by atoms with Gasteiger partial charge in [0.25, 0.3) is 5.91 Å². The van der Waals surface area contributed by atoms with Gasteiger partial charge in [0.05, 0.1) is 30.8 Å². The van der Waals surface area contributed by atoms with E-state index >= 15 is 0 Å². The third kappa shape index (κ3) is 4.43. The van der Waals surface area contributed by atoms with Crippen LogP contribution in [-0.2, 0) is 0 Å². The van der Waals surface area contributed by atoms with Crippen molar-refractivity contribution in [3.8, 4) is 10.6 Å². The maximum Gasteiger partial charge on any atom is 0.258 e. The standard InChI is InChI=1S/C21H12Cl3N3OS2/c22-14-5-3-4-13(18(14)24)19(28)27-21(29)25-11-8-9-12(15(23)10-11)20-26-16-6-1-2-7-17(16)30-20/h1-10H,(H2,25,27,28,29). The van der Waals surface area contributed by atoms with Gasteiger partial charge < -0.3 is 5.32 Å². The van der Waals surface area contributed by atoms with Gasteiger partial charge in [-0.3, -0.25) is 10.1 Å². The summed E-state index contributed by atoms with van der Waals surface area (Å²) in [6.45, 7) is 0. The number of carbonyl (C=O) groups excluding carboxylic acids is 1. The first-order chi connectivity index (χ1) is 14.4. The fraction of sp³-hybridized carbons (Fsp3) is 0. The molecule has 30 heavy (non-hydrogen) atoms. The molecule has 0 unspecified atom stereocenters. The van der Waals surface area contributed by atoms with Crippen molar-refractivity contribution in [2.75, 3.05) is 5.32 Å². The molecule has 0 bridgehead atoms. The summed E-state index contributed by atoms with van der Waals surface area (Å²) in [6.07, 6.45) is 0. The lowest BCUT2D eigenvalue weighted by Crippen LogP contribution is -2.34. The summed E-state index contributed by atoms with van der Waals surface area (Å²) < 4.78 is 1.09. The highest BCUT2D eigenvalue weighted by Crippen LogP contribution is 2.35. The van der Waals surface area contributed by atoms with Crippen LogP contribution in [0.3, 0.4) is 0 Å². The second-order valence-electron chi connectivity index (χ2n) is 6.19. The Morgan fingerprint density at radius 1 is 0.967 bits per heavy atom. The highest BCUT2D eigenvalue weighted by molar-refractivity contribution is 7.80. The van der Waals surface area contributed by atoms with E-state index in [0.717, 1.165) is 20.8 Å². The Kier molecular flexibility index (Phi) is 6.22. The van der Waals surface area contributed by atoms with Gasteiger partial charge in [-0.15, -0.1) is 11.3 Å². The SMILES string of the molecule is O=C(NC(=S)Nc1ccc(-c2nc3ccccc3s2)c(Cl)c1)c1cccc(Cl)c1Cl. The van der Waals surface area contributed by atoms with E-state index in [-0.39, 0.29) is 15.7 Å². The zero-order valence-electron chi connectivity index (χ0n) is 15.1. The Morgan fingerprint density at radius 2 is 1.77 bits per heavy atom. The summed E-state index contributed by atoms with van der Waals surface area (Å²) in [7, 11) is 0. The van der Waals surface area contributed by atoms with E-state index in [4.69, 9.17) is 47.0 Å². The molecule has 0 saturated carbocycles. The predicted molar refractivity (Wildman–Crippen MR) is 130 cm³/mol. The number of para-hydroxylation sites is 1. The van der Waals surface area contributed by atoms with E-state index in [0.29, 0.717) is 15.7 Å². The molecule has 0 atom stereocenters. The largest absolute Gasteiger partial charge is 0.332 e. The Morgan fingerprint density at radius 3 is 2.53 bits per heavy atom. The maximum absolute atomic E-state index is 12.4. The van der Waals surface area contributed by atoms with Crippen LogP contribution in [0.1, 0.15) is 10.4 Å². The summed E-state index contributed by atoms with van der Waals surface area (Å²) in [4.78, 5) is 17.0. The molecule has 0 spiro atoms. The van der Waals surface area contributed by atoms with E-state index in [9.17, 15) is 4.79 Å². The molecule has 1 heterocycles. The molecule has 1 amide bonds. The highest BCUT2D eigenvalue weighted by Gasteiger charge is 2.15. The molecule has 9 heteroatoms. The van der Waals surface area contributed by atoms with Crippen molar-refractivity contribution in [1.82, 2.24) is 10.3 Å². The minimum absolute atomic E-state index is 0.111. The predicted octanol–water partition coefficient (Wildman–Crippen LogP) is 7.05. The van der Waals surface area contributed by atoms with Gasteiger partial charge in [0.15, 0.2) is 5.11 Å². The molecule has 0 fully saturated rings. The van der Waals surface area contributed by atoms with Crippen LogP contribution in [0.2, 0.25) is 15.1 Å². The molecule has 0 aliphatic heterocycles. The maximum atomic E-state index is 12.4. The first kappa shape index (κ1) is 21.0. The molecule has 4 rings (SSSR count). The number of amides is 1. The number of thiazole rings is 1. The molecule has 0 saturated heterocycles. The number of benzene rings is 3. The number of halogens is 3. The lowest BCUT2D eigenvalue weighted by atomic mass is 10.2. The van der Waals surface area contributed by atoms with Crippen molar-refractivity contribution in [2.45, 2.75) is 0 Å². The van der Waals surface area contributed by atoms with E-state index in [1.165, 1.54) is 0 Å². The lowest BCUT2D eigenvalue weighted by molar-refractivity contribution is 0.0978. The molecule has 4 aromatic rings. The Labute approximate surface area is 196 Å². The number of fused-ring (bicyclic) bond motifs is 1. The zero-order valence-corrected chi connectivity index (χ0v) is 19.0. The van der Waals surface area contributed by atoms with Crippen molar-refractivity contribution >= 4 is 85.3 Å². The van der Waals surface area contributed by atoms with Crippen molar-refractivity contribution in [3.63, 3.8) is 0 Å². The normalized spacial score (nSPS) is 10.8. The van der Waals surface area contributed by atoms with Crippen LogP contribution in [0.25, 0.3) is 20.8 Å². The zero-order chi connectivity index (χ0) is 21.3. The molecule has 0 radical (unpaired) electrons. The Bertz CT molecular complexity index is 1260. The minimum atomic E-state index is -0.461. The monoisotopic (exact) mass is 491 g/mol. The molecule has 150 valence electrons. The van der Waals surface area contributed by atoms with Gasteiger partial charge in [0.2, 0.25) is 0 Å². The van der Waals surface area contributed by atoms with Gasteiger partial charge in [-0.25, -0.2) is 4.98 Å². The number of anilines is 1. The van der Waals surface area contributed by atoms with Crippen molar-refractivity contribution in [2.24, 2.45) is 0 Å². The quantitative estimate of drug-likeness (QED) is 0.301. The van der Waals surface area contributed by atoms with E-state index < -0.39 is 5.91 Å². The van der Waals surface area contributed by atoms with Gasteiger partial charge in [0.1, 0.15) is 5.01 Å². The molecule has 3 aromatic carbocycles. The van der Waals surface area contributed by atoms with Crippen LogP contribution in [0.4, 0.5) is 5.69 Å². The lowest BCUT2D eigenvalue weighted by Gasteiger charge is -2.12. The van der Waals surface area contributed by atoms with Gasteiger partial charge in [-0.1, -0.05) is 53.0 Å². The summed E-state index contributed by atoms with van der Waals surface area (Å²) in [5, 5.41) is 7.45. The number of thiocarbonyl (C=S) groups is 1. The molecule has 1 aromatic heterocycles. The van der Waals surface area contributed by atoms with Crippen molar-refractivity contribution in [1.29, 1.82) is 0 Å². The molecule has 4 nitrogen and oxygen atoms in total. The smallest absolute Gasteiger partial charge is 0.258 e. The van der Waals surface area contributed by atoms with Crippen LogP contribution in [0.5, 0.6) is 0 Å². The van der Waals surface area contributed by atoms with Gasteiger partial charge in [-0.2, -0.15) is 0 Å². The first-order valence-corrected chi connectivity index (χ1v) is 11.0. The number of nitrogens with one attached hydrogen (secondary N) is 2. The number of aromatic nitrogens is 1. The summed E-state index contributed by atoms with van der Waals surface area (Å²) in [5.74, 6) is -0.461. The minimum Gasteiger partial charge on any atom is -0.332 e. The summed E-state index contributed by atoms with van der Waals surface area (Å²) in [5.41, 5.74) is 2.62. The van der Waals surface area contributed by atoms with Gasteiger partial charge in [0, 0.05) is 11.3 Å². The third-order valence-corrected chi connectivity index (χ3v) is 6.58. The fourth-order valence-corrected chi connectivity index (χ4v) is 4.69. The summed E-state index contributed by atoms with van der Waals surface area (Å²) >= 11 is 25.3. The fourth-order valence-electron chi connectivity index (χ4n) is 2.77. The van der Waals surface area contributed by atoms with Crippen LogP contribution in [0, 0.1) is 0 Å². The summed E-state index contributed by atoms with van der Waals surface area (Å²) in [6, 6.07) is 18.1. The average Bonchev–Trinajstić information content (AvgIpc) is 3.13. The van der Waals surface area contributed by atoms with Crippen LogP contribution in [0.15, 0.2) is 60.7 Å². The number of carbonyl (C=O) groups is 1. The third-order valence-electron chi connectivity index (χ3n) is 4.17. The Hall–Kier alpha value is -2.22. The Balaban J connectivity index is 1.48. The number of nitrogens with zero attached hydrogens (tertiary/aromatic N) is 1. The molecule has 2 N–H and O–H groups in total.